The van der Waals surface area contributed by atoms with Crippen LogP contribution in [0.3, 0.4) is 0 Å². The van der Waals surface area contributed by atoms with E-state index in [1.165, 1.54) is 0 Å². The van der Waals surface area contributed by atoms with Crippen LogP contribution in [0.4, 0.5) is 0 Å². The minimum atomic E-state index is 0.600. The molecule has 0 radical (unpaired) electrons. The summed E-state index contributed by atoms with van der Waals surface area (Å²) in [5.74, 6) is 0. The summed E-state index contributed by atoms with van der Waals surface area (Å²) in [5, 5.41) is 0. The third kappa shape index (κ3) is 5.08. The zero-order valence-electron chi connectivity index (χ0n) is 11.8. The average molecular weight is 258 g/mol. The van der Waals surface area contributed by atoms with Crippen molar-refractivity contribution < 1.29 is 4.79 Å². The summed E-state index contributed by atoms with van der Waals surface area (Å²) >= 11 is 0. The number of nitrogens with zero attached hydrogens (tertiary/aromatic N) is 2. The van der Waals surface area contributed by atoms with Gasteiger partial charge >= 0.3 is 0 Å². The lowest BCUT2D eigenvalue weighted by molar-refractivity contribution is -0.118. The molecule has 0 N–H and O–H groups in total. The summed E-state index contributed by atoms with van der Waals surface area (Å²) in [6.07, 6.45) is 8.46. The van der Waals surface area contributed by atoms with Crippen LogP contribution in [-0.2, 0) is 11.3 Å². The SMILES string of the molecule is C=C(CCC)/C(=C/C)CN(C=O)Cc1ccncc1. The lowest BCUT2D eigenvalue weighted by atomic mass is 10.0. The summed E-state index contributed by atoms with van der Waals surface area (Å²) in [5.41, 5.74) is 3.34. The highest BCUT2D eigenvalue weighted by Crippen LogP contribution is 2.15. The second kappa shape index (κ2) is 8.25. The van der Waals surface area contributed by atoms with Crippen LogP contribution in [0, 0.1) is 0 Å². The van der Waals surface area contributed by atoms with Gasteiger partial charge in [-0.3, -0.25) is 9.78 Å². The molecule has 1 amide bonds. The molecule has 3 heteroatoms. The molecule has 0 bridgehead atoms. The standard InChI is InChI=1S/C16H22N2O/c1-4-6-14(3)16(5-2)12-18(13-19)11-15-7-9-17-10-8-15/h5,7-10,13H,3-4,6,11-12H2,1-2H3/b16-5+. The molecule has 1 heterocycles. The van der Waals surface area contributed by atoms with E-state index in [4.69, 9.17) is 0 Å². The van der Waals surface area contributed by atoms with Gasteiger partial charge in [0.25, 0.3) is 0 Å². The normalized spacial score (nSPS) is 11.2. The Balaban J connectivity index is 2.66. The fraction of sp³-hybridized carbons (Fsp3) is 0.375. The van der Waals surface area contributed by atoms with E-state index in [0.717, 1.165) is 36.0 Å². The molecule has 0 unspecified atom stereocenters. The summed E-state index contributed by atoms with van der Waals surface area (Å²) in [4.78, 5) is 16.9. The van der Waals surface area contributed by atoms with Crippen LogP contribution >= 0.6 is 0 Å². The fourth-order valence-corrected chi connectivity index (χ4v) is 1.94. The van der Waals surface area contributed by atoms with Gasteiger partial charge in [-0.1, -0.05) is 31.6 Å². The van der Waals surface area contributed by atoms with Crippen LogP contribution in [0.1, 0.15) is 32.3 Å². The van der Waals surface area contributed by atoms with Crippen LogP contribution in [0.2, 0.25) is 0 Å². The smallest absolute Gasteiger partial charge is 0.210 e. The molecule has 0 spiro atoms. The van der Waals surface area contributed by atoms with Gasteiger partial charge in [0, 0.05) is 25.5 Å². The Hall–Kier alpha value is -1.90. The predicted molar refractivity (Wildman–Crippen MR) is 78.5 cm³/mol. The van der Waals surface area contributed by atoms with E-state index in [0.29, 0.717) is 13.1 Å². The highest BCUT2D eigenvalue weighted by Gasteiger charge is 2.08. The molecular formula is C16H22N2O. The van der Waals surface area contributed by atoms with Gasteiger partial charge in [-0.15, -0.1) is 0 Å². The molecular weight excluding hydrogens is 236 g/mol. The number of amides is 1. The van der Waals surface area contributed by atoms with Crippen molar-refractivity contribution in [2.45, 2.75) is 33.2 Å². The molecule has 0 aromatic carbocycles. The minimum absolute atomic E-state index is 0.600. The predicted octanol–water partition coefficient (Wildman–Crippen LogP) is 3.34. The van der Waals surface area contributed by atoms with Crippen molar-refractivity contribution >= 4 is 6.41 Å². The summed E-state index contributed by atoms with van der Waals surface area (Å²) < 4.78 is 0. The lowest BCUT2D eigenvalue weighted by Gasteiger charge is -2.20. The monoisotopic (exact) mass is 258 g/mol. The van der Waals surface area contributed by atoms with Gasteiger partial charge in [0.2, 0.25) is 6.41 Å². The van der Waals surface area contributed by atoms with Crippen molar-refractivity contribution in [1.82, 2.24) is 9.88 Å². The van der Waals surface area contributed by atoms with Gasteiger partial charge in [-0.25, -0.2) is 0 Å². The first-order valence-corrected chi connectivity index (χ1v) is 6.62. The van der Waals surface area contributed by atoms with Crippen LogP contribution in [0.5, 0.6) is 0 Å². The van der Waals surface area contributed by atoms with Gasteiger partial charge < -0.3 is 4.90 Å². The largest absolute Gasteiger partial charge is 0.337 e. The number of rotatable bonds is 8. The number of hydrogen-bond donors (Lipinski definition) is 0. The van der Waals surface area contributed by atoms with Crippen LogP contribution in [0.15, 0.2) is 48.3 Å². The summed E-state index contributed by atoms with van der Waals surface area (Å²) in [7, 11) is 0. The number of carbonyl (C=O) groups is 1. The second-order valence-electron chi connectivity index (χ2n) is 4.53. The van der Waals surface area contributed by atoms with E-state index in [2.05, 4.69) is 18.5 Å². The highest BCUT2D eigenvalue weighted by molar-refractivity contribution is 5.49. The van der Waals surface area contributed by atoms with Crippen LogP contribution in [-0.4, -0.2) is 22.8 Å². The molecule has 1 rings (SSSR count). The molecule has 0 atom stereocenters. The molecule has 1 aromatic heterocycles. The van der Waals surface area contributed by atoms with Gasteiger partial charge in [0.1, 0.15) is 0 Å². The molecule has 0 saturated heterocycles. The van der Waals surface area contributed by atoms with E-state index >= 15 is 0 Å². The molecule has 19 heavy (non-hydrogen) atoms. The van der Waals surface area contributed by atoms with Crippen LogP contribution < -0.4 is 0 Å². The Labute approximate surface area is 115 Å². The first kappa shape index (κ1) is 15.2. The molecule has 3 nitrogen and oxygen atoms in total. The molecule has 0 saturated carbocycles. The zero-order valence-corrected chi connectivity index (χ0v) is 11.8. The molecule has 0 fully saturated rings. The Kier molecular flexibility index (Phi) is 6.58. The minimum Gasteiger partial charge on any atom is -0.337 e. The van der Waals surface area contributed by atoms with Gasteiger partial charge in [0.05, 0.1) is 0 Å². The van der Waals surface area contributed by atoms with Crippen LogP contribution in [0.25, 0.3) is 0 Å². The van der Waals surface area contributed by atoms with Gasteiger partial charge in [-0.2, -0.15) is 0 Å². The van der Waals surface area contributed by atoms with Gasteiger partial charge in [-0.05, 0) is 36.6 Å². The molecule has 102 valence electrons. The van der Waals surface area contributed by atoms with E-state index in [9.17, 15) is 4.79 Å². The number of aromatic nitrogens is 1. The average Bonchev–Trinajstić information content (AvgIpc) is 2.44. The van der Waals surface area contributed by atoms with E-state index in [-0.39, 0.29) is 0 Å². The van der Waals surface area contributed by atoms with E-state index in [1.807, 2.05) is 25.1 Å². The topological polar surface area (TPSA) is 33.2 Å². The first-order chi connectivity index (χ1) is 9.21. The fourth-order valence-electron chi connectivity index (χ4n) is 1.94. The van der Waals surface area contributed by atoms with Crippen molar-refractivity contribution in [2.24, 2.45) is 0 Å². The Morgan fingerprint density at radius 3 is 2.63 bits per heavy atom. The maximum atomic E-state index is 11.2. The molecule has 1 aromatic rings. The number of carbonyl (C=O) groups excluding carboxylic acids is 1. The second-order valence-corrected chi connectivity index (χ2v) is 4.53. The first-order valence-electron chi connectivity index (χ1n) is 6.62. The zero-order chi connectivity index (χ0) is 14.1. The van der Waals surface area contributed by atoms with Crippen molar-refractivity contribution in [3.05, 3.63) is 53.9 Å². The molecule has 0 aliphatic heterocycles. The van der Waals surface area contributed by atoms with E-state index < -0.39 is 0 Å². The van der Waals surface area contributed by atoms with Crippen molar-refractivity contribution in [3.63, 3.8) is 0 Å². The van der Waals surface area contributed by atoms with Gasteiger partial charge in [0.15, 0.2) is 0 Å². The molecule has 0 aliphatic carbocycles. The Bertz CT molecular complexity index is 437. The maximum Gasteiger partial charge on any atom is 0.210 e. The highest BCUT2D eigenvalue weighted by atomic mass is 16.1. The summed E-state index contributed by atoms with van der Waals surface area (Å²) in [6, 6.07) is 3.85. The number of allylic oxidation sites excluding steroid dienone is 1. The van der Waals surface area contributed by atoms with E-state index in [1.54, 1.807) is 17.3 Å². The van der Waals surface area contributed by atoms with Crippen molar-refractivity contribution in [3.8, 4) is 0 Å². The molecule has 0 aliphatic rings. The Morgan fingerprint density at radius 1 is 1.42 bits per heavy atom. The third-order valence-electron chi connectivity index (χ3n) is 3.01. The number of hydrogen-bond acceptors (Lipinski definition) is 2. The van der Waals surface area contributed by atoms with Crippen molar-refractivity contribution in [2.75, 3.05) is 6.54 Å². The van der Waals surface area contributed by atoms with Crippen molar-refractivity contribution in [1.29, 1.82) is 0 Å². The Morgan fingerprint density at radius 2 is 2.11 bits per heavy atom. The maximum absolute atomic E-state index is 11.2. The number of pyridine rings is 1. The third-order valence-corrected chi connectivity index (χ3v) is 3.01. The summed E-state index contributed by atoms with van der Waals surface area (Å²) in [6.45, 7) is 9.42. The lowest BCUT2D eigenvalue weighted by Crippen LogP contribution is -2.24. The quantitative estimate of drug-likeness (QED) is 0.529.